The zero-order valence-electron chi connectivity index (χ0n) is 16.3. The van der Waals surface area contributed by atoms with Crippen molar-refractivity contribution in [2.45, 2.75) is 39.2 Å². The van der Waals surface area contributed by atoms with Gasteiger partial charge in [-0.15, -0.1) is 0 Å². The fraction of sp³-hybridized carbons (Fsp3) is 0.318. The van der Waals surface area contributed by atoms with E-state index in [1.807, 2.05) is 13.8 Å². The molecule has 144 valence electrons. The fourth-order valence-electron chi connectivity index (χ4n) is 3.24. The highest BCUT2D eigenvalue weighted by atomic mass is 16.3. The Bertz CT molecular complexity index is 962. The first-order valence-corrected chi connectivity index (χ1v) is 8.70. The second-order valence-corrected chi connectivity index (χ2v) is 7.49. The van der Waals surface area contributed by atoms with Crippen LogP contribution >= 0.6 is 0 Å². The predicted molar refractivity (Wildman–Crippen MR) is 108 cm³/mol. The molecule has 0 unspecified atom stereocenters. The van der Waals surface area contributed by atoms with Gasteiger partial charge in [0.05, 0.1) is 6.61 Å². The van der Waals surface area contributed by atoms with Crippen molar-refractivity contribution in [1.29, 1.82) is 0 Å². The molecule has 2 aromatic carbocycles. The average Bonchev–Trinajstić information content (AvgIpc) is 2.63. The molecular weight excluding hydrogens is 342 g/mol. The maximum absolute atomic E-state index is 12.8. The minimum Gasteiger partial charge on any atom is -0.507 e. The van der Waals surface area contributed by atoms with E-state index < -0.39 is 5.41 Å². The van der Waals surface area contributed by atoms with E-state index in [0.29, 0.717) is 27.3 Å². The number of carbonyl (C=O) groups is 1. The summed E-state index contributed by atoms with van der Waals surface area (Å²) in [5.74, 6) is -0.203. The smallest absolute Gasteiger partial charge is 0.227 e. The number of rotatable bonds is 5. The van der Waals surface area contributed by atoms with Crippen LogP contribution in [0.15, 0.2) is 24.3 Å². The summed E-state index contributed by atoms with van der Waals surface area (Å²) in [5.41, 5.74) is 1.61. The molecule has 0 bridgehead atoms. The largest absolute Gasteiger partial charge is 0.507 e. The fourth-order valence-corrected chi connectivity index (χ4v) is 3.24. The lowest BCUT2D eigenvalue weighted by atomic mass is 9.78. The van der Waals surface area contributed by atoms with Crippen LogP contribution in [0.2, 0.25) is 0 Å². The van der Waals surface area contributed by atoms with Crippen LogP contribution in [0.3, 0.4) is 0 Å². The first-order valence-electron chi connectivity index (χ1n) is 8.70. The van der Waals surface area contributed by atoms with Crippen LogP contribution in [0.5, 0.6) is 11.5 Å². The number of amides is 1. The highest BCUT2D eigenvalue weighted by molar-refractivity contribution is 5.93. The Morgan fingerprint density at radius 1 is 1.07 bits per heavy atom. The van der Waals surface area contributed by atoms with Crippen LogP contribution in [-0.2, 0) is 16.8 Å². The van der Waals surface area contributed by atoms with Gasteiger partial charge in [0.25, 0.3) is 0 Å². The topological polar surface area (TPSA) is 81.0 Å². The van der Waals surface area contributed by atoms with E-state index in [1.165, 1.54) is 4.90 Å². The monoisotopic (exact) mass is 369 g/mol. The van der Waals surface area contributed by atoms with Gasteiger partial charge in [0.2, 0.25) is 5.91 Å². The summed E-state index contributed by atoms with van der Waals surface area (Å²) in [4.78, 5) is 14.4. The Morgan fingerprint density at radius 3 is 2.15 bits per heavy atom. The van der Waals surface area contributed by atoms with E-state index in [4.69, 9.17) is 5.11 Å². The predicted octanol–water partition coefficient (Wildman–Crippen LogP) is 2.05. The van der Waals surface area contributed by atoms with Gasteiger partial charge >= 0.3 is 0 Å². The maximum Gasteiger partial charge on any atom is 0.227 e. The summed E-state index contributed by atoms with van der Waals surface area (Å²) in [6.45, 7) is 13.0. The van der Waals surface area contributed by atoms with E-state index in [2.05, 4.69) is 13.2 Å². The van der Waals surface area contributed by atoms with E-state index >= 15 is 0 Å². The van der Waals surface area contributed by atoms with Gasteiger partial charge in [-0.25, -0.2) is 0 Å². The van der Waals surface area contributed by atoms with Crippen molar-refractivity contribution < 1.29 is 20.1 Å². The summed E-state index contributed by atoms with van der Waals surface area (Å²) < 4.78 is 0. The number of anilines is 1. The van der Waals surface area contributed by atoms with Crippen molar-refractivity contribution in [1.82, 2.24) is 0 Å². The standard InChI is InChI=1S/C22H27NO4/c1-13-14(2)21(27)19(15(3)20(13)26)22(4,5)11-18(25)23(6)17-9-7-16(12-24)8-10-17/h7-10,24,26-27H,2-3,11-12H2,1,4-6H3. The third kappa shape index (κ3) is 3.83. The molecule has 0 aromatic heterocycles. The molecule has 2 rings (SSSR count). The molecule has 0 spiro atoms. The number of benzene rings is 2. The minimum atomic E-state index is -0.769. The zero-order valence-corrected chi connectivity index (χ0v) is 16.3. The highest BCUT2D eigenvalue weighted by Crippen LogP contribution is 2.32. The lowest BCUT2D eigenvalue weighted by molar-refractivity contribution is -0.119. The van der Waals surface area contributed by atoms with Crippen molar-refractivity contribution in [3.05, 3.63) is 51.4 Å². The Labute approximate surface area is 159 Å². The van der Waals surface area contributed by atoms with Gasteiger partial charge in [-0.3, -0.25) is 4.79 Å². The molecule has 0 aliphatic heterocycles. The molecule has 3 N–H and O–H groups in total. The number of phenols is 2. The molecule has 0 aliphatic carbocycles. The van der Waals surface area contributed by atoms with Crippen molar-refractivity contribution in [3.63, 3.8) is 0 Å². The van der Waals surface area contributed by atoms with Gasteiger partial charge in [-0.2, -0.15) is 0 Å². The van der Waals surface area contributed by atoms with Crippen LogP contribution in [0, 0.1) is 6.92 Å². The van der Waals surface area contributed by atoms with Crippen molar-refractivity contribution in [3.8, 4) is 11.5 Å². The van der Waals surface area contributed by atoms with Gasteiger partial charge in [0.15, 0.2) is 0 Å². The SMILES string of the molecule is C=c1c(C)c(O)c(=C)c(C(C)(C)CC(=O)N(C)c2ccc(CO)cc2)c1O. The molecule has 0 atom stereocenters. The summed E-state index contributed by atoms with van der Waals surface area (Å²) in [7, 11) is 1.68. The van der Waals surface area contributed by atoms with Gasteiger partial charge in [-0.05, 0) is 24.6 Å². The van der Waals surface area contributed by atoms with Gasteiger partial charge in [-0.1, -0.05) is 39.1 Å². The van der Waals surface area contributed by atoms with E-state index in [0.717, 1.165) is 5.56 Å². The van der Waals surface area contributed by atoms with Gasteiger partial charge in [0.1, 0.15) is 11.5 Å². The van der Waals surface area contributed by atoms with E-state index in [9.17, 15) is 15.0 Å². The summed E-state index contributed by atoms with van der Waals surface area (Å²) >= 11 is 0. The average molecular weight is 369 g/mol. The maximum atomic E-state index is 12.8. The zero-order chi connectivity index (χ0) is 20.5. The van der Waals surface area contributed by atoms with Gasteiger partial charge < -0.3 is 20.2 Å². The second-order valence-electron chi connectivity index (χ2n) is 7.49. The number of aliphatic hydroxyl groups is 1. The number of aliphatic hydroxyl groups excluding tert-OH is 1. The first-order chi connectivity index (χ1) is 12.5. The molecule has 27 heavy (non-hydrogen) atoms. The molecule has 0 aliphatic rings. The molecule has 0 saturated heterocycles. The molecule has 1 amide bonds. The van der Waals surface area contributed by atoms with Crippen molar-refractivity contribution in [2.24, 2.45) is 0 Å². The van der Waals surface area contributed by atoms with Crippen molar-refractivity contribution >= 4 is 24.8 Å². The molecule has 0 heterocycles. The van der Waals surface area contributed by atoms with Gasteiger partial charge in [0, 0.05) is 46.1 Å². The lowest BCUT2D eigenvalue weighted by Crippen LogP contribution is -2.36. The molecule has 0 radical (unpaired) electrons. The number of aromatic hydroxyl groups is 2. The molecule has 0 fully saturated rings. The third-order valence-corrected chi connectivity index (χ3v) is 5.07. The molecular formula is C22H27NO4. The Kier molecular flexibility index (Phi) is 5.66. The Hall–Kier alpha value is -2.79. The quantitative estimate of drug-likeness (QED) is 0.705. The second kappa shape index (κ2) is 7.45. The van der Waals surface area contributed by atoms with Crippen LogP contribution in [-0.4, -0.2) is 28.3 Å². The molecule has 2 aromatic rings. The van der Waals surface area contributed by atoms with E-state index in [1.54, 1.807) is 38.2 Å². The molecule has 5 nitrogen and oxygen atoms in total. The number of carbonyl (C=O) groups excluding carboxylic acids is 1. The Morgan fingerprint density at radius 2 is 1.63 bits per heavy atom. The van der Waals surface area contributed by atoms with Crippen LogP contribution < -0.4 is 15.3 Å². The van der Waals surface area contributed by atoms with Crippen LogP contribution in [0.1, 0.15) is 37.0 Å². The normalized spacial score (nSPS) is 11.4. The molecule has 5 heteroatoms. The number of nitrogens with zero attached hydrogens (tertiary/aromatic N) is 1. The third-order valence-electron chi connectivity index (χ3n) is 5.07. The van der Waals surface area contributed by atoms with Crippen LogP contribution in [0.25, 0.3) is 13.2 Å². The van der Waals surface area contributed by atoms with Crippen LogP contribution in [0.4, 0.5) is 5.69 Å². The Balaban J connectivity index is 2.37. The molecule has 0 saturated carbocycles. The summed E-state index contributed by atoms with van der Waals surface area (Å²) in [6.07, 6.45) is 0.100. The lowest BCUT2D eigenvalue weighted by Gasteiger charge is -2.29. The minimum absolute atomic E-state index is 0.0127. The summed E-state index contributed by atoms with van der Waals surface area (Å²) in [6, 6.07) is 7.06. The first kappa shape index (κ1) is 20.5. The highest BCUT2D eigenvalue weighted by Gasteiger charge is 2.31. The summed E-state index contributed by atoms with van der Waals surface area (Å²) in [5, 5.41) is 30.7. The number of phenolic OH excluding ortho intramolecular Hbond substituents is 2. The number of hydrogen-bond acceptors (Lipinski definition) is 4. The number of hydrogen-bond donors (Lipinski definition) is 3. The van der Waals surface area contributed by atoms with Crippen molar-refractivity contribution in [2.75, 3.05) is 11.9 Å². The van der Waals surface area contributed by atoms with E-state index in [-0.39, 0.29) is 30.4 Å².